The van der Waals surface area contributed by atoms with Crippen molar-refractivity contribution in [2.24, 2.45) is 11.7 Å². The Bertz CT molecular complexity index is 809. The van der Waals surface area contributed by atoms with E-state index in [1.54, 1.807) is 7.11 Å². The molecule has 25 heavy (non-hydrogen) atoms. The van der Waals surface area contributed by atoms with E-state index in [0.717, 1.165) is 29.7 Å². The molecule has 7 heteroatoms. The van der Waals surface area contributed by atoms with Gasteiger partial charge < -0.3 is 15.4 Å². The molecule has 2 aromatic rings. The van der Waals surface area contributed by atoms with Gasteiger partial charge in [-0.25, -0.2) is 0 Å². The molecule has 1 saturated heterocycles. The van der Waals surface area contributed by atoms with Crippen molar-refractivity contribution >= 4 is 28.8 Å². The maximum absolute atomic E-state index is 13.3. The maximum atomic E-state index is 13.3. The van der Waals surface area contributed by atoms with Crippen LogP contribution in [0.4, 0.5) is 0 Å². The van der Waals surface area contributed by atoms with Crippen molar-refractivity contribution in [2.45, 2.75) is 31.3 Å². The van der Waals surface area contributed by atoms with Gasteiger partial charge in [0.2, 0.25) is 0 Å². The van der Waals surface area contributed by atoms with Gasteiger partial charge in [0.1, 0.15) is 0 Å². The first-order chi connectivity index (χ1) is 12.1. The van der Waals surface area contributed by atoms with Crippen LogP contribution in [0.25, 0.3) is 10.4 Å². The molecule has 1 aromatic heterocycles. The first-order valence-electron chi connectivity index (χ1n) is 8.46. The number of nitrogens with zero attached hydrogens (tertiary/aromatic N) is 2. The minimum Gasteiger partial charge on any atom is -0.473 e. The third-order valence-corrected chi connectivity index (χ3v) is 6.59. The molecular formula is C18H20ClN3O2S. The zero-order valence-corrected chi connectivity index (χ0v) is 15.5. The largest absolute Gasteiger partial charge is 0.473 e. The highest BCUT2D eigenvalue weighted by Gasteiger charge is 2.48. The number of aromatic nitrogens is 1. The van der Waals surface area contributed by atoms with Gasteiger partial charge in [0.05, 0.1) is 12.0 Å². The van der Waals surface area contributed by atoms with E-state index in [1.807, 2.05) is 29.2 Å². The molecule has 0 spiro atoms. The van der Waals surface area contributed by atoms with Crippen LogP contribution in [-0.2, 0) is 0 Å². The highest BCUT2D eigenvalue weighted by atomic mass is 35.5. The topological polar surface area (TPSA) is 68.5 Å². The average molecular weight is 378 g/mol. The monoisotopic (exact) mass is 377 g/mol. The van der Waals surface area contributed by atoms with Crippen LogP contribution in [-0.4, -0.2) is 41.5 Å². The Morgan fingerprint density at radius 3 is 3.04 bits per heavy atom. The molecule has 3 atom stereocenters. The van der Waals surface area contributed by atoms with E-state index in [-0.39, 0.29) is 18.0 Å². The van der Waals surface area contributed by atoms with Crippen molar-refractivity contribution < 1.29 is 9.53 Å². The molecule has 2 aliphatic rings. The molecule has 5 nitrogen and oxygen atoms in total. The van der Waals surface area contributed by atoms with Crippen molar-refractivity contribution in [2.75, 3.05) is 13.7 Å². The Morgan fingerprint density at radius 2 is 2.32 bits per heavy atom. The summed E-state index contributed by atoms with van der Waals surface area (Å²) in [7, 11) is 1.56. The summed E-state index contributed by atoms with van der Waals surface area (Å²) in [6.07, 6.45) is 3.28. The van der Waals surface area contributed by atoms with E-state index < -0.39 is 0 Å². The number of thiazole rings is 1. The van der Waals surface area contributed by atoms with Crippen molar-refractivity contribution in [3.63, 3.8) is 0 Å². The Morgan fingerprint density at radius 1 is 1.48 bits per heavy atom. The average Bonchev–Trinajstić information content (AvgIpc) is 3.34. The number of likely N-dealkylation sites (tertiary alicyclic amines) is 1. The maximum Gasteiger partial charge on any atom is 0.274 e. The summed E-state index contributed by atoms with van der Waals surface area (Å²) in [5.74, 6) is 0.478. The fourth-order valence-electron chi connectivity index (χ4n) is 4.19. The number of amides is 1. The molecule has 132 valence electrons. The minimum atomic E-state index is -0.0443. The second-order valence-electron chi connectivity index (χ2n) is 6.61. The number of piperidine rings is 1. The quantitative estimate of drug-likeness (QED) is 0.886. The lowest BCUT2D eigenvalue weighted by molar-refractivity contribution is 0.0597. The van der Waals surface area contributed by atoms with E-state index in [2.05, 4.69) is 4.98 Å². The fraction of sp³-hybridized carbons (Fsp3) is 0.444. The predicted molar refractivity (Wildman–Crippen MR) is 99.3 cm³/mol. The first kappa shape index (κ1) is 16.8. The van der Waals surface area contributed by atoms with Gasteiger partial charge in [-0.05, 0) is 42.9 Å². The molecule has 4 rings (SSSR count). The lowest BCUT2D eigenvalue weighted by Gasteiger charge is -2.34. The van der Waals surface area contributed by atoms with Crippen LogP contribution in [0.15, 0.2) is 24.3 Å². The van der Waals surface area contributed by atoms with Crippen LogP contribution in [0.1, 0.15) is 29.8 Å². The number of hydrogen-bond donors (Lipinski definition) is 1. The molecule has 1 aromatic carbocycles. The Hall–Kier alpha value is -1.63. The SMILES string of the molecule is COc1nc(C(=O)N2[C@@H]3CC[C@@H](C3)[C@H]2CN)c(-c2cccc(Cl)c2)s1. The molecule has 2 N–H and O–H groups in total. The molecule has 1 aliphatic heterocycles. The molecule has 0 unspecified atom stereocenters. The number of fused-ring (bicyclic) bond motifs is 2. The number of carbonyl (C=O) groups is 1. The summed E-state index contributed by atoms with van der Waals surface area (Å²) < 4.78 is 5.29. The Kier molecular flexibility index (Phi) is 4.43. The van der Waals surface area contributed by atoms with Crippen molar-refractivity contribution in [3.8, 4) is 15.6 Å². The summed E-state index contributed by atoms with van der Waals surface area (Å²) in [5, 5.41) is 1.11. The summed E-state index contributed by atoms with van der Waals surface area (Å²) >= 11 is 7.50. The first-order valence-corrected chi connectivity index (χ1v) is 9.65. The van der Waals surface area contributed by atoms with Crippen LogP contribution in [0.2, 0.25) is 5.02 Å². The fourth-order valence-corrected chi connectivity index (χ4v) is 5.25. The number of halogens is 1. The second-order valence-corrected chi connectivity index (χ2v) is 8.01. The van der Waals surface area contributed by atoms with Gasteiger partial charge in [-0.2, -0.15) is 4.98 Å². The number of hydrogen-bond acceptors (Lipinski definition) is 5. The van der Waals surface area contributed by atoms with Crippen molar-refractivity contribution in [3.05, 3.63) is 35.0 Å². The summed E-state index contributed by atoms with van der Waals surface area (Å²) in [6.45, 7) is 0.501. The zero-order chi connectivity index (χ0) is 17.6. The molecule has 2 bridgehead atoms. The molecule has 1 aliphatic carbocycles. The smallest absolute Gasteiger partial charge is 0.274 e. The van der Waals surface area contributed by atoms with Crippen LogP contribution in [0.5, 0.6) is 5.19 Å². The normalized spacial score (nSPS) is 24.8. The molecule has 1 amide bonds. The van der Waals surface area contributed by atoms with Crippen LogP contribution >= 0.6 is 22.9 Å². The second kappa shape index (κ2) is 6.59. The molecule has 2 heterocycles. The standard InChI is InChI=1S/C18H20ClN3O2S/c1-24-18-21-15(16(25-18)11-3-2-4-12(19)7-11)17(23)22-13-6-5-10(8-13)14(22)9-20/h2-4,7,10,13-14H,5-6,8-9,20H2,1H3/t10-,13+,14+/m0/s1. The third kappa shape index (κ3) is 2.82. The number of nitrogens with two attached hydrogens (primary N) is 1. The molecule has 0 radical (unpaired) electrons. The summed E-state index contributed by atoms with van der Waals surface area (Å²) in [6, 6.07) is 7.87. The molecule has 1 saturated carbocycles. The summed E-state index contributed by atoms with van der Waals surface area (Å²) in [4.78, 5) is 20.6. The molecular weight excluding hydrogens is 358 g/mol. The van der Waals surface area contributed by atoms with Gasteiger partial charge >= 0.3 is 0 Å². The van der Waals surface area contributed by atoms with Gasteiger partial charge in [-0.3, -0.25) is 4.79 Å². The van der Waals surface area contributed by atoms with Crippen molar-refractivity contribution in [1.29, 1.82) is 0 Å². The van der Waals surface area contributed by atoms with E-state index >= 15 is 0 Å². The number of rotatable bonds is 4. The van der Waals surface area contributed by atoms with Gasteiger partial charge in [-0.1, -0.05) is 35.1 Å². The lowest BCUT2D eigenvalue weighted by Crippen LogP contribution is -2.48. The van der Waals surface area contributed by atoms with Gasteiger partial charge in [-0.15, -0.1) is 0 Å². The highest BCUT2D eigenvalue weighted by molar-refractivity contribution is 7.17. The van der Waals surface area contributed by atoms with Crippen LogP contribution < -0.4 is 10.5 Å². The summed E-state index contributed by atoms with van der Waals surface area (Å²) in [5.41, 5.74) is 7.29. The van der Waals surface area contributed by atoms with Gasteiger partial charge in [0, 0.05) is 23.7 Å². The van der Waals surface area contributed by atoms with Crippen molar-refractivity contribution in [1.82, 2.24) is 9.88 Å². The zero-order valence-electron chi connectivity index (χ0n) is 13.9. The third-order valence-electron chi connectivity index (χ3n) is 5.29. The van der Waals surface area contributed by atoms with E-state index in [4.69, 9.17) is 22.1 Å². The Balaban J connectivity index is 1.75. The highest BCUT2D eigenvalue weighted by Crippen LogP contribution is 2.44. The van der Waals surface area contributed by atoms with Crippen LogP contribution in [0.3, 0.4) is 0 Å². The number of ether oxygens (including phenoxy) is 1. The minimum absolute atomic E-state index is 0.0443. The number of carbonyl (C=O) groups excluding carboxylic acids is 1. The Labute approximate surface area is 155 Å². The van der Waals surface area contributed by atoms with Crippen LogP contribution in [0, 0.1) is 5.92 Å². The van der Waals surface area contributed by atoms with E-state index in [1.165, 1.54) is 11.3 Å². The number of methoxy groups -OCH3 is 1. The van der Waals surface area contributed by atoms with E-state index in [0.29, 0.717) is 28.4 Å². The lowest BCUT2D eigenvalue weighted by atomic mass is 9.98. The van der Waals surface area contributed by atoms with Gasteiger partial charge in [0.15, 0.2) is 5.69 Å². The predicted octanol–water partition coefficient (Wildman–Crippen LogP) is 3.42. The van der Waals surface area contributed by atoms with E-state index in [9.17, 15) is 4.79 Å². The number of benzene rings is 1. The molecule has 2 fully saturated rings. The van der Waals surface area contributed by atoms with Gasteiger partial charge in [0.25, 0.3) is 11.1 Å².